The van der Waals surface area contributed by atoms with Crippen molar-refractivity contribution < 1.29 is 27.9 Å². The van der Waals surface area contributed by atoms with Gasteiger partial charge in [0.2, 0.25) is 0 Å². The van der Waals surface area contributed by atoms with Gasteiger partial charge in [0.25, 0.3) is 5.91 Å². The molecule has 0 radical (unpaired) electrons. The fourth-order valence-electron chi connectivity index (χ4n) is 3.50. The van der Waals surface area contributed by atoms with Gasteiger partial charge in [-0.25, -0.2) is 4.79 Å². The number of amides is 1. The third-order valence-corrected chi connectivity index (χ3v) is 5.07. The zero-order chi connectivity index (χ0) is 21.4. The second-order valence-electron chi connectivity index (χ2n) is 6.99. The summed E-state index contributed by atoms with van der Waals surface area (Å²) in [5.41, 5.74) is 2.84. The number of carbonyl (C=O) groups is 2. The normalized spacial score (nSPS) is 11.1. The van der Waals surface area contributed by atoms with Crippen LogP contribution < -0.4 is 10.1 Å². The summed E-state index contributed by atoms with van der Waals surface area (Å²) in [5, 5.41) is 4.55. The third-order valence-electron chi connectivity index (χ3n) is 5.07. The lowest BCUT2D eigenvalue weighted by Crippen LogP contribution is -2.21. The van der Waals surface area contributed by atoms with Crippen molar-refractivity contribution in [1.29, 1.82) is 0 Å². The van der Waals surface area contributed by atoms with Crippen molar-refractivity contribution in [3.05, 3.63) is 59.0 Å². The third kappa shape index (κ3) is 3.39. The van der Waals surface area contributed by atoms with Crippen LogP contribution in [0.15, 0.2) is 45.2 Å². The first-order valence-electron chi connectivity index (χ1n) is 9.42. The molecule has 0 unspecified atom stereocenters. The van der Waals surface area contributed by atoms with Crippen molar-refractivity contribution in [1.82, 2.24) is 0 Å². The lowest BCUT2D eigenvalue weighted by atomic mass is 10.1. The maximum absolute atomic E-state index is 12.4. The van der Waals surface area contributed by atoms with Crippen LogP contribution in [0.4, 0.5) is 5.69 Å². The smallest absolute Gasteiger partial charge is 0.342 e. The number of methoxy groups -OCH3 is 1. The van der Waals surface area contributed by atoms with Crippen LogP contribution >= 0.6 is 0 Å². The summed E-state index contributed by atoms with van der Waals surface area (Å²) in [6.07, 6.45) is 0. The molecular weight excluding hydrogens is 386 g/mol. The predicted octanol–water partition coefficient (Wildman–Crippen LogP) is 4.91. The molecule has 0 aliphatic carbocycles. The number of furan rings is 2. The zero-order valence-corrected chi connectivity index (χ0v) is 17.1. The van der Waals surface area contributed by atoms with Gasteiger partial charge in [-0.05, 0) is 32.9 Å². The maximum Gasteiger partial charge on any atom is 0.342 e. The highest BCUT2D eigenvalue weighted by Crippen LogP contribution is 2.36. The number of para-hydroxylation sites is 1. The first-order chi connectivity index (χ1) is 14.4. The van der Waals surface area contributed by atoms with E-state index in [0.29, 0.717) is 39.7 Å². The topological polar surface area (TPSA) is 90.9 Å². The minimum absolute atomic E-state index is 0.349. The van der Waals surface area contributed by atoms with Gasteiger partial charge < -0.3 is 23.6 Å². The molecule has 30 heavy (non-hydrogen) atoms. The van der Waals surface area contributed by atoms with Gasteiger partial charge in [0.1, 0.15) is 34.0 Å². The van der Waals surface area contributed by atoms with Crippen LogP contribution in [0.5, 0.6) is 5.75 Å². The number of hydrogen-bond donors (Lipinski definition) is 1. The predicted molar refractivity (Wildman–Crippen MR) is 112 cm³/mol. The van der Waals surface area contributed by atoms with Crippen molar-refractivity contribution >= 4 is 39.5 Å². The van der Waals surface area contributed by atoms with Crippen LogP contribution in [0.25, 0.3) is 21.9 Å². The van der Waals surface area contributed by atoms with Crippen molar-refractivity contribution in [2.75, 3.05) is 19.0 Å². The summed E-state index contributed by atoms with van der Waals surface area (Å²) in [6, 6.07) is 11.2. The summed E-state index contributed by atoms with van der Waals surface area (Å²) in [6.45, 7) is 4.79. The summed E-state index contributed by atoms with van der Waals surface area (Å²) in [7, 11) is 1.52. The van der Waals surface area contributed by atoms with Crippen LogP contribution in [0.3, 0.4) is 0 Å². The minimum atomic E-state index is -0.600. The Labute approximate surface area is 172 Å². The monoisotopic (exact) mass is 407 g/mol. The number of carbonyl (C=O) groups excluding carboxylic acids is 2. The lowest BCUT2D eigenvalue weighted by molar-refractivity contribution is -0.119. The number of nitrogens with one attached hydrogen (secondary N) is 1. The molecule has 0 bridgehead atoms. The van der Waals surface area contributed by atoms with Gasteiger partial charge in [0.15, 0.2) is 6.61 Å². The summed E-state index contributed by atoms with van der Waals surface area (Å²) >= 11 is 0. The van der Waals surface area contributed by atoms with Crippen molar-refractivity contribution in [3.63, 3.8) is 0 Å². The van der Waals surface area contributed by atoms with Gasteiger partial charge in [-0.1, -0.05) is 18.2 Å². The molecule has 7 heteroatoms. The molecule has 4 rings (SSSR count). The molecule has 2 aromatic heterocycles. The number of esters is 1. The molecule has 0 spiro atoms. The van der Waals surface area contributed by atoms with Crippen LogP contribution in [0.1, 0.15) is 27.4 Å². The number of aryl methyl sites for hydroxylation is 2. The van der Waals surface area contributed by atoms with E-state index < -0.39 is 18.5 Å². The highest BCUT2D eigenvalue weighted by atomic mass is 16.5. The van der Waals surface area contributed by atoms with E-state index in [2.05, 4.69) is 5.32 Å². The molecule has 0 saturated carbocycles. The van der Waals surface area contributed by atoms with Gasteiger partial charge in [-0.2, -0.15) is 0 Å². The fourth-order valence-corrected chi connectivity index (χ4v) is 3.50. The van der Waals surface area contributed by atoms with Gasteiger partial charge in [-0.3, -0.25) is 4.79 Å². The Kier molecular flexibility index (Phi) is 4.95. The number of fused-ring (bicyclic) bond motifs is 3. The van der Waals surface area contributed by atoms with Crippen LogP contribution in [0.2, 0.25) is 0 Å². The van der Waals surface area contributed by atoms with Gasteiger partial charge in [0.05, 0.1) is 12.8 Å². The van der Waals surface area contributed by atoms with Gasteiger partial charge >= 0.3 is 5.97 Å². The van der Waals surface area contributed by atoms with E-state index in [9.17, 15) is 9.59 Å². The molecule has 0 fully saturated rings. The van der Waals surface area contributed by atoms with Crippen molar-refractivity contribution in [2.45, 2.75) is 20.8 Å². The standard InChI is InChI=1S/C23H21NO6/c1-12-13(2)29-14(3)22(12)23(26)28-11-21(25)24-17-10-19-16(9-20(17)27-4)15-7-5-6-8-18(15)30-19/h5-10H,11H2,1-4H3,(H,24,25). The average molecular weight is 407 g/mol. The number of ether oxygens (including phenoxy) is 2. The molecule has 0 atom stereocenters. The highest BCUT2D eigenvalue weighted by molar-refractivity contribution is 6.08. The van der Waals surface area contributed by atoms with Crippen molar-refractivity contribution in [2.24, 2.45) is 0 Å². The molecule has 0 saturated heterocycles. The van der Waals surface area contributed by atoms with E-state index in [1.165, 1.54) is 7.11 Å². The van der Waals surface area contributed by atoms with Crippen LogP contribution in [-0.2, 0) is 9.53 Å². The Balaban J connectivity index is 1.52. The molecule has 0 aliphatic heterocycles. The minimum Gasteiger partial charge on any atom is -0.495 e. The molecule has 154 valence electrons. The van der Waals surface area contributed by atoms with E-state index in [1.807, 2.05) is 30.3 Å². The van der Waals surface area contributed by atoms with E-state index in [0.717, 1.165) is 16.4 Å². The van der Waals surface area contributed by atoms with Crippen molar-refractivity contribution in [3.8, 4) is 5.75 Å². The summed E-state index contributed by atoms with van der Waals surface area (Å²) in [4.78, 5) is 24.8. The second-order valence-corrected chi connectivity index (χ2v) is 6.99. The number of anilines is 1. The van der Waals surface area contributed by atoms with Crippen LogP contribution in [0, 0.1) is 20.8 Å². The molecule has 2 heterocycles. The van der Waals surface area contributed by atoms with Gasteiger partial charge in [0, 0.05) is 22.4 Å². The Morgan fingerprint density at radius 1 is 0.967 bits per heavy atom. The van der Waals surface area contributed by atoms with Gasteiger partial charge in [-0.15, -0.1) is 0 Å². The lowest BCUT2D eigenvalue weighted by Gasteiger charge is -2.11. The van der Waals surface area contributed by atoms with E-state index in [4.69, 9.17) is 18.3 Å². The Hall–Kier alpha value is -3.74. The molecular formula is C23H21NO6. The maximum atomic E-state index is 12.4. The Bertz CT molecular complexity index is 1280. The van der Waals surface area contributed by atoms with E-state index >= 15 is 0 Å². The quantitative estimate of drug-likeness (QED) is 0.473. The first kappa shape index (κ1) is 19.6. The molecule has 1 N–H and O–H groups in total. The zero-order valence-electron chi connectivity index (χ0n) is 17.1. The summed E-state index contributed by atoms with van der Waals surface area (Å²) < 4.78 is 21.9. The first-order valence-corrected chi connectivity index (χ1v) is 9.42. The average Bonchev–Trinajstić information content (AvgIpc) is 3.21. The summed E-state index contributed by atoms with van der Waals surface area (Å²) in [5.74, 6) is 0.496. The molecule has 1 amide bonds. The number of benzene rings is 2. The Morgan fingerprint density at radius 3 is 2.43 bits per heavy atom. The second kappa shape index (κ2) is 7.59. The SMILES string of the molecule is COc1cc2c(cc1NC(=O)COC(=O)c1c(C)oc(C)c1C)oc1ccccc12. The highest BCUT2D eigenvalue weighted by Gasteiger charge is 2.21. The largest absolute Gasteiger partial charge is 0.495 e. The van der Waals surface area contributed by atoms with E-state index in [1.54, 1.807) is 26.8 Å². The van der Waals surface area contributed by atoms with E-state index in [-0.39, 0.29) is 0 Å². The number of rotatable bonds is 5. The Morgan fingerprint density at radius 2 is 1.73 bits per heavy atom. The molecule has 2 aromatic carbocycles. The molecule has 0 aliphatic rings. The van der Waals surface area contributed by atoms with Crippen LogP contribution in [-0.4, -0.2) is 25.6 Å². The molecule has 4 aromatic rings. The fraction of sp³-hybridized carbons (Fsp3) is 0.217. The number of hydrogen-bond acceptors (Lipinski definition) is 6. The molecule has 7 nitrogen and oxygen atoms in total.